The van der Waals surface area contributed by atoms with Crippen LogP contribution >= 0.6 is 0 Å². The summed E-state index contributed by atoms with van der Waals surface area (Å²) in [5.41, 5.74) is -1.75. The number of likely N-dealkylation sites (tertiary alicyclic amines) is 1. The molecule has 13 heteroatoms. The van der Waals surface area contributed by atoms with Crippen LogP contribution in [0.25, 0.3) is 0 Å². The largest absolute Gasteiger partial charge is 0.497 e. The lowest BCUT2D eigenvalue weighted by atomic mass is 9.74. The van der Waals surface area contributed by atoms with Gasteiger partial charge in [-0.15, -0.1) is 0 Å². The molecule has 9 atom stereocenters. The van der Waals surface area contributed by atoms with Crippen molar-refractivity contribution < 1.29 is 43.2 Å². The molecule has 54 heavy (non-hydrogen) atoms. The lowest BCUT2D eigenvalue weighted by Gasteiger charge is -2.47. The van der Waals surface area contributed by atoms with Crippen LogP contribution in [0, 0.1) is 23.2 Å². The van der Waals surface area contributed by atoms with Crippen molar-refractivity contribution in [3.63, 3.8) is 0 Å². The summed E-state index contributed by atoms with van der Waals surface area (Å²) in [4.78, 5) is 47.6. The SMILES string of the molecule is CCN1C[C@H](C)C[C@@](C)(OC)[C@H](O[C@@H]2O[C@H](C)C[C@H](N(C)C)[C@H]2O)[C@@H](C)C(=O)C(C)(C)C(=O)OC[C@H]1CC1CCN(C(=O)Nc2cccc(OC)c2)CC1. The third kappa shape index (κ3) is 10.5. The maximum absolute atomic E-state index is 14.4. The van der Waals surface area contributed by atoms with E-state index >= 15 is 0 Å². The van der Waals surface area contributed by atoms with Crippen LogP contribution in [0.5, 0.6) is 5.75 Å². The highest BCUT2D eigenvalue weighted by molar-refractivity contribution is 6.04. The first-order valence-corrected chi connectivity index (χ1v) is 19.8. The van der Waals surface area contributed by atoms with Gasteiger partial charge in [-0.25, -0.2) is 4.79 Å². The van der Waals surface area contributed by atoms with Gasteiger partial charge in [0.25, 0.3) is 0 Å². The van der Waals surface area contributed by atoms with Gasteiger partial charge in [0, 0.05) is 56.5 Å². The fraction of sp³-hybridized carbons (Fsp3) is 0.780. The summed E-state index contributed by atoms with van der Waals surface area (Å²) >= 11 is 0. The molecule has 3 heterocycles. The van der Waals surface area contributed by atoms with Gasteiger partial charge in [0.1, 0.15) is 23.9 Å². The van der Waals surface area contributed by atoms with Crippen molar-refractivity contribution in [2.75, 3.05) is 66.4 Å². The summed E-state index contributed by atoms with van der Waals surface area (Å²) in [6.07, 6.45) is 0.677. The Bertz CT molecular complexity index is 1400. The number of hydrogen-bond acceptors (Lipinski definition) is 11. The van der Waals surface area contributed by atoms with E-state index in [0.29, 0.717) is 49.8 Å². The number of methoxy groups -OCH3 is 2. The highest BCUT2D eigenvalue weighted by Crippen LogP contribution is 2.39. The lowest BCUT2D eigenvalue weighted by molar-refractivity contribution is -0.295. The highest BCUT2D eigenvalue weighted by Gasteiger charge is 2.51. The number of anilines is 1. The minimum absolute atomic E-state index is 0.0799. The summed E-state index contributed by atoms with van der Waals surface area (Å²) in [7, 11) is 7.07. The van der Waals surface area contributed by atoms with Crippen LogP contribution in [-0.2, 0) is 28.5 Å². The monoisotopic (exact) mass is 760 g/mol. The maximum atomic E-state index is 14.4. The number of aliphatic hydroxyl groups is 1. The first kappa shape index (κ1) is 43.9. The average molecular weight is 761 g/mol. The van der Waals surface area contributed by atoms with Crippen molar-refractivity contribution in [2.45, 2.75) is 123 Å². The van der Waals surface area contributed by atoms with Gasteiger partial charge in [-0.3, -0.25) is 14.5 Å². The van der Waals surface area contributed by atoms with Gasteiger partial charge in [0.05, 0.1) is 24.9 Å². The molecular weight excluding hydrogens is 692 g/mol. The molecule has 1 aromatic carbocycles. The molecule has 0 aliphatic carbocycles. The number of carbonyl (C=O) groups is 3. The number of likely N-dealkylation sites (N-methyl/N-ethyl adjacent to an activating group) is 2. The summed E-state index contributed by atoms with van der Waals surface area (Å²) in [6, 6.07) is 6.91. The average Bonchev–Trinajstić information content (AvgIpc) is 3.14. The number of benzene rings is 1. The number of cyclic esters (lactones) is 1. The third-order valence-corrected chi connectivity index (χ3v) is 12.1. The second-order valence-corrected chi connectivity index (χ2v) is 16.9. The third-order valence-electron chi connectivity index (χ3n) is 12.1. The molecule has 306 valence electrons. The number of rotatable bonds is 9. The number of nitrogens with one attached hydrogen (secondary N) is 1. The number of nitrogens with zero attached hydrogens (tertiary/aromatic N) is 3. The van der Waals surface area contributed by atoms with Crippen LogP contribution in [0.3, 0.4) is 0 Å². The van der Waals surface area contributed by atoms with Crippen molar-refractivity contribution in [3.8, 4) is 5.75 Å². The number of hydrogen-bond donors (Lipinski definition) is 2. The Labute approximate surface area is 323 Å². The summed E-state index contributed by atoms with van der Waals surface area (Å²) in [5, 5.41) is 14.4. The number of carbonyl (C=O) groups excluding carboxylic acids is 3. The summed E-state index contributed by atoms with van der Waals surface area (Å²) < 4.78 is 30.5. The van der Waals surface area contributed by atoms with Crippen molar-refractivity contribution in [1.29, 1.82) is 0 Å². The Morgan fingerprint density at radius 2 is 1.78 bits per heavy atom. The Hall–Kier alpha value is -2.81. The van der Waals surface area contributed by atoms with Crippen LogP contribution < -0.4 is 10.1 Å². The molecule has 0 bridgehead atoms. The molecule has 13 nitrogen and oxygen atoms in total. The van der Waals surface area contributed by atoms with Crippen molar-refractivity contribution in [3.05, 3.63) is 24.3 Å². The van der Waals surface area contributed by atoms with Crippen LogP contribution in [0.1, 0.15) is 80.6 Å². The van der Waals surface area contributed by atoms with Crippen molar-refractivity contribution in [1.82, 2.24) is 14.7 Å². The van der Waals surface area contributed by atoms with Gasteiger partial charge < -0.3 is 43.9 Å². The number of ketones is 1. The molecule has 4 rings (SSSR count). The van der Waals surface area contributed by atoms with E-state index in [1.165, 1.54) is 0 Å². The molecule has 0 unspecified atom stereocenters. The van der Waals surface area contributed by atoms with E-state index in [0.717, 1.165) is 25.8 Å². The van der Waals surface area contributed by atoms with E-state index in [9.17, 15) is 19.5 Å². The highest BCUT2D eigenvalue weighted by atomic mass is 16.7. The van der Waals surface area contributed by atoms with Gasteiger partial charge in [-0.05, 0) is 104 Å². The number of esters is 1. The Kier molecular flexibility index (Phi) is 15.4. The predicted molar refractivity (Wildman–Crippen MR) is 207 cm³/mol. The van der Waals surface area contributed by atoms with E-state index < -0.39 is 41.4 Å². The lowest BCUT2D eigenvalue weighted by Crippen LogP contribution is -2.59. The van der Waals surface area contributed by atoms with E-state index in [-0.39, 0.29) is 42.5 Å². The van der Waals surface area contributed by atoms with Gasteiger partial charge in [-0.2, -0.15) is 0 Å². The number of Topliss-reactive ketones (excluding diaryl/α,β-unsaturated/α-hetero) is 1. The molecule has 0 radical (unpaired) electrons. The predicted octanol–water partition coefficient (Wildman–Crippen LogP) is 5.05. The maximum Gasteiger partial charge on any atom is 0.321 e. The fourth-order valence-corrected chi connectivity index (χ4v) is 8.74. The number of piperidine rings is 1. The first-order valence-electron chi connectivity index (χ1n) is 19.8. The number of ether oxygens (including phenoxy) is 5. The van der Waals surface area contributed by atoms with Gasteiger partial charge >= 0.3 is 12.0 Å². The molecule has 2 N–H and O–H groups in total. The molecule has 0 saturated carbocycles. The van der Waals surface area contributed by atoms with Gasteiger partial charge in [0.2, 0.25) is 0 Å². The Morgan fingerprint density at radius 3 is 2.39 bits per heavy atom. The van der Waals surface area contributed by atoms with Crippen molar-refractivity contribution >= 4 is 23.5 Å². The van der Waals surface area contributed by atoms with Crippen LogP contribution in [0.4, 0.5) is 10.5 Å². The Morgan fingerprint density at radius 1 is 1.09 bits per heavy atom. The molecule has 3 aliphatic rings. The normalized spacial score (nSPS) is 33.7. The number of urea groups is 1. The number of amides is 2. The minimum Gasteiger partial charge on any atom is -0.497 e. The second-order valence-electron chi connectivity index (χ2n) is 16.9. The van der Waals surface area contributed by atoms with Crippen LogP contribution in [0.2, 0.25) is 0 Å². The molecule has 3 aliphatic heterocycles. The molecule has 3 fully saturated rings. The zero-order valence-corrected chi connectivity index (χ0v) is 34.6. The quantitative estimate of drug-likeness (QED) is 0.258. The second kappa shape index (κ2) is 18.9. The zero-order valence-electron chi connectivity index (χ0n) is 34.6. The van der Waals surface area contributed by atoms with E-state index in [1.807, 2.05) is 55.9 Å². The smallest absolute Gasteiger partial charge is 0.321 e. The summed E-state index contributed by atoms with van der Waals surface area (Å²) in [5.74, 6) is -0.590. The molecule has 1 aromatic rings. The standard InChI is InChI=1S/C41H68N4O9/c1-12-44-24-26(2)23-41(7,51-11)36(54-37-34(46)33(43(8)9)20-27(3)53-37)28(4)35(47)40(5,6)38(48)52-25-31(44)21-29-16-18-45(19-17-29)39(49)42-30-14-13-15-32(22-30)50-10/h13-15,22,26-29,31,33-34,36-37,46H,12,16-21,23-25H2,1-11H3,(H,42,49)/t26-,27-,28+,31-,33+,34-,36-,37+,41-/m1/s1. The first-order chi connectivity index (χ1) is 25.4. The molecule has 2 amide bonds. The number of aliphatic hydroxyl groups excluding tert-OH is 1. The van der Waals surface area contributed by atoms with E-state index in [4.69, 9.17) is 23.7 Å². The summed E-state index contributed by atoms with van der Waals surface area (Å²) in [6.45, 7) is 16.1. The minimum atomic E-state index is -1.47. The van der Waals surface area contributed by atoms with Crippen LogP contribution in [0.15, 0.2) is 24.3 Å². The van der Waals surface area contributed by atoms with Gasteiger partial charge in [-0.1, -0.05) is 26.8 Å². The zero-order chi connectivity index (χ0) is 40.0. The van der Waals surface area contributed by atoms with Crippen molar-refractivity contribution in [2.24, 2.45) is 23.2 Å². The topological polar surface area (TPSA) is 139 Å². The Balaban J connectivity index is 1.53. The molecular formula is C41H68N4O9. The molecule has 0 aromatic heterocycles. The molecule has 0 spiro atoms. The van der Waals surface area contributed by atoms with Gasteiger partial charge in [0.15, 0.2) is 12.1 Å². The molecule has 3 saturated heterocycles. The fourth-order valence-electron chi connectivity index (χ4n) is 8.74. The van der Waals surface area contributed by atoms with E-state index in [2.05, 4.69) is 24.1 Å². The van der Waals surface area contributed by atoms with E-state index in [1.54, 1.807) is 41.1 Å². The van der Waals surface area contributed by atoms with Crippen LogP contribution in [-0.4, -0.2) is 141 Å².